The van der Waals surface area contributed by atoms with Crippen LogP contribution in [0.2, 0.25) is 0 Å². The first-order chi connectivity index (χ1) is 5.17. The molecule has 0 spiro atoms. The quantitative estimate of drug-likeness (QED) is 0.508. The molecular weight excluding hydrogens is 184 g/mol. The fourth-order valence-corrected chi connectivity index (χ4v) is 4.36. The molecule has 2 saturated carbocycles. The molecule has 1 atom stereocenters. The van der Waals surface area contributed by atoms with Crippen molar-refractivity contribution in [2.45, 2.75) is 35.0 Å². The molecule has 0 aromatic rings. The Hall–Kier alpha value is 0.260. The molecule has 5 heteroatoms. The Balaban J connectivity index is 2.12. The van der Waals surface area contributed by atoms with Gasteiger partial charge in [0.25, 0.3) is 0 Å². The Bertz CT molecular complexity index is 232. The van der Waals surface area contributed by atoms with Crippen LogP contribution in [0.15, 0.2) is 0 Å². The van der Waals surface area contributed by atoms with E-state index >= 15 is 0 Å². The van der Waals surface area contributed by atoms with Gasteiger partial charge in [-0.25, -0.2) is 8.42 Å². The summed E-state index contributed by atoms with van der Waals surface area (Å²) >= 11 is -1.09. The van der Waals surface area contributed by atoms with E-state index in [0.717, 1.165) is 12.8 Å². The molecule has 2 rings (SSSR count). The summed E-state index contributed by atoms with van der Waals surface area (Å²) < 4.78 is 32.1. The second-order valence-corrected chi connectivity index (χ2v) is 6.92. The highest BCUT2D eigenvalue weighted by Crippen LogP contribution is 2.50. The maximum absolute atomic E-state index is 11.5. The highest BCUT2D eigenvalue weighted by atomic mass is 32.3. The van der Waals surface area contributed by atoms with Crippen molar-refractivity contribution in [2.75, 3.05) is 0 Å². The Morgan fingerprint density at radius 1 is 1.36 bits per heavy atom. The smallest absolute Gasteiger partial charge is 0.222 e. The van der Waals surface area contributed by atoms with E-state index in [1.54, 1.807) is 0 Å². The zero-order valence-corrected chi connectivity index (χ0v) is 7.70. The molecule has 0 radical (unpaired) electrons. The van der Waals surface area contributed by atoms with E-state index in [1.807, 2.05) is 0 Å². The first-order valence-electron chi connectivity index (χ1n) is 3.72. The van der Waals surface area contributed by atoms with Crippen LogP contribution >= 0.6 is 0 Å². The summed E-state index contributed by atoms with van der Waals surface area (Å²) in [4.78, 5) is 0. The largest absolute Gasteiger partial charge is 0.615 e. The van der Waals surface area contributed by atoms with Crippen LogP contribution in [0.3, 0.4) is 0 Å². The summed E-state index contributed by atoms with van der Waals surface area (Å²) in [6.45, 7) is 0. The maximum atomic E-state index is 11.5. The topological polar surface area (TPSA) is 57.2 Å². The molecule has 0 aromatic carbocycles. The summed E-state index contributed by atoms with van der Waals surface area (Å²) in [6, 6.07) is 0. The van der Waals surface area contributed by atoms with E-state index in [-0.39, 0.29) is 5.25 Å². The summed E-state index contributed by atoms with van der Waals surface area (Å²) in [5, 5.41) is 0.199. The molecule has 64 valence electrons. The van der Waals surface area contributed by atoms with Crippen molar-refractivity contribution in [3.8, 4) is 0 Å². The van der Waals surface area contributed by atoms with Crippen LogP contribution in [0.4, 0.5) is 0 Å². The standard InChI is InChI=1S/C6H10O3S2/c7-10(5-1-2-5)6(3-4-6)11(8)9/h5,11H,1-4H2. The minimum Gasteiger partial charge on any atom is -0.615 e. The predicted molar refractivity (Wildman–Crippen MR) is 43.4 cm³/mol. The van der Waals surface area contributed by atoms with Gasteiger partial charge < -0.3 is 4.55 Å². The second-order valence-electron chi connectivity index (χ2n) is 3.20. The lowest BCUT2D eigenvalue weighted by atomic mass is 10.9. The minimum absolute atomic E-state index is 0.199. The molecule has 2 fully saturated rings. The van der Waals surface area contributed by atoms with E-state index in [9.17, 15) is 13.0 Å². The molecule has 3 nitrogen and oxygen atoms in total. The number of rotatable bonds is 3. The van der Waals surface area contributed by atoms with Crippen LogP contribution in [-0.4, -0.2) is 22.3 Å². The SMILES string of the molecule is O=[SH](=O)C1([S+]([O-])C2CC2)CC1. The van der Waals surface area contributed by atoms with E-state index in [4.69, 9.17) is 0 Å². The van der Waals surface area contributed by atoms with Gasteiger partial charge in [-0.3, -0.25) is 0 Å². The Labute approximate surface area is 70.3 Å². The lowest BCUT2D eigenvalue weighted by molar-refractivity contribution is 0.579. The Morgan fingerprint density at radius 3 is 2.18 bits per heavy atom. The molecule has 11 heavy (non-hydrogen) atoms. The minimum atomic E-state index is -2.46. The average Bonchev–Trinajstić information content (AvgIpc) is 2.84. The monoisotopic (exact) mass is 194 g/mol. The lowest BCUT2D eigenvalue weighted by Gasteiger charge is -2.14. The third kappa shape index (κ3) is 1.19. The molecule has 2 aliphatic carbocycles. The van der Waals surface area contributed by atoms with Gasteiger partial charge in [0.05, 0.1) is 0 Å². The van der Waals surface area contributed by atoms with Gasteiger partial charge in [-0.2, -0.15) is 0 Å². The molecule has 0 aromatic heterocycles. The first kappa shape index (κ1) is 7.89. The number of hydrogen-bond acceptors (Lipinski definition) is 3. The molecule has 0 heterocycles. The average molecular weight is 194 g/mol. The maximum Gasteiger partial charge on any atom is 0.222 e. The lowest BCUT2D eigenvalue weighted by Crippen LogP contribution is -2.28. The van der Waals surface area contributed by atoms with Gasteiger partial charge in [-0.05, 0) is 24.0 Å². The zero-order chi connectivity index (χ0) is 8.06. The molecule has 2 aliphatic rings. The van der Waals surface area contributed by atoms with Crippen LogP contribution in [0.1, 0.15) is 25.7 Å². The van der Waals surface area contributed by atoms with E-state index in [1.165, 1.54) is 0 Å². The van der Waals surface area contributed by atoms with Gasteiger partial charge >= 0.3 is 0 Å². The predicted octanol–water partition coefficient (Wildman–Crippen LogP) is -0.001000. The molecule has 0 N–H and O–H groups in total. The molecule has 0 bridgehead atoms. The van der Waals surface area contributed by atoms with Gasteiger partial charge in [-0.15, -0.1) is 0 Å². The van der Waals surface area contributed by atoms with Crippen molar-refractivity contribution in [3.05, 3.63) is 0 Å². The molecule has 0 saturated heterocycles. The van der Waals surface area contributed by atoms with Crippen molar-refractivity contribution in [2.24, 2.45) is 0 Å². The molecule has 0 aliphatic heterocycles. The highest BCUT2D eigenvalue weighted by Gasteiger charge is 2.62. The number of thiol groups is 1. The van der Waals surface area contributed by atoms with Crippen LogP contribution in [0.25, 0.3) is 0 Å². The second kappa shape index (κ2) is 2.37. The van der Waals surface area contributed by atoms with E-state index < -0.39 is 26.0 Å². The highest BCUT2D eigenvalue weighted by molar-refractivity contribution is 8.04. The van der Waals surface area contributed by atoms with Crippen LogP contribution in [0.5, 0.6) is 0 Å². The van der Waals surface area contributed by atoms with Gasteiger partial charge in [0.15, 0.2) is 10.7 Å². The van der Waals surface area contributed by atoms with Crippen molar-refractivity contribution in [3.63, 3.8) is 0 Å². The zero-order valence-electron chi connectivity index (χ0n) is 5.99. The molecule has 0 amide bonds. The fraction of sp³-hybridized carbons (Fsp3) is 1.00. The van der Waals surface area contributed by atoms with Gasteiger partial charge in [-0.1, -0.05) is 0 Å². The Kier molecular flexibility index (Phi) is 1.70. The number of hydrogen-bond donors (Lipinski definition) is 1. The van der Waals surface area contributed by atoms with E-state index in [2.05, 4.69) is 0 Å². The van der Waals surface area contributed by atoms with Crippen LogP contribution < -0.4 is 0 Å². The van der Waals surface area contributed by atoms with Gasteiger partial charge in [0.2, 0.25) is 4.08 Å². The molecule has 1 unspecified atom stereocenters. The third-order valence-electron chi connectivity index (χ3n) is 2.21. The summed E-state index contributed by atoms with van der Waals surface area (Å²) in [6.07, 6.45) is 3.15. The first-order valence-corrected chi connectivity index (χ1v) is 6.11. The van der Waals surface area contributed by atoms with Crippen molar-refractivity contribution in [1.82, 2.24) is 0 Å². The van der Waals surface area contributed by atoms with Crippen molar-refractivity contribution < 1.29 is 13.0 Å². The fourth-order valence-electron chi connectivity index (χ4n) is 1.16. The Morgan fingerprint density at radius 2 is 1.91 bits per heavy atom. The van der Waals surface area contributed by atoms with Gasteiger partial charge in [0, 0.05) is 12.8 Å². The van der Waals surface area contributed by atoms with Crippen LogP contribution in [0, 0.1) is 0 Å². The van der Waals surface area contributed by atoms with Crippen LogP contribution in [-0.2, 0) is 21.9 Å². The normalized spacial score (nSPS) is 30.4. The molecular formula is C6H10O3S2. The summed E-state index contributed by atoms with van der Waals surface area (Å²) in [5.41, 5.74) is 0. The van der Waals surface area contributed by atoms with Gasteiger partial charge in [0.1, 0.15) is 5.25 Å². The summed E-state index contributed by atoms with van der Waals surface area (Å²) in [7, 11) is -2.46. The van der Waals surface area contributed by atoms with E-state index in [0.29, 0.717) is 12.8 Å². The van der Waals surface area contributed by atoms with Crippen molar-refractivity contribution in [1.29, 1.82) is 0 Å². The third-order valence-corrected chi connectivity index (χ3v) is 6.55. The summed E-state index contributed by atoms with van der Waals surface area (Å²) in [5.74, 6) is 0. The van der Waals surface area contributed by atoms with Crippen molar-refractivity contribution >= 4 is 21.9 Å².